The van der Waals surface area contributed by atoms with Gasteiger partial charge in [-0.3, -0.25) is 9.69 Å². The number of aryl methyl sites for hydroxylation is 2. The molecule has 192 valence electrons. The molecule has 1 saturated heterocycles. The van der Waals surface area contributed by atoms with E-state index in [0.29, 0.717) is 42.9 Å². The number of benzene rings is 1. The minimum absolute atomic E-state index is 0.236. The highest BCUT2D eigenvalue weighted by molar-refractivity contribution is 7.14. The molecule has 2 aromatic heterocycles. The highest BCUT2D eigenvalue weighted by Crippen LogP contribution is 2.31. The van der Waals surface area contributed by atoms with E-state index < -0.39 is 12.7 Å². The topological polar surface area (TPSA) is 80.2 Å². The summed E-state index contributed by atoms with van der Waals surface area (Å²) in [4.78, 5) is 20.0. The predicted molar refractivity (Wildman–Crippen MR) is 131 cm³/mol. The zero-order chi connectivity index (χ0) is 25.9. The Labute approximate surface area is 211 Å². The van der Waals surface area contributed by atoms with Crippen LogP contribution >= 0.6 is 11.3 Å². The molecule has 1 aliphatic rings. The highest BCUT2D eigenvalue weighted by atomic mass is 32.1. The summed E-state index contributed by atoms with van der Waals surface area (Å²) < 4.78 is 44.3. The fourth-order valence-electron chi connectivity index (χ4n) is 4.04. The van der Waals surface area contributed by atoms with E-state index in [0.717, 1.165) is 21.1 Å². The van der Waals surface area contributed by atoms with Crippen LogP contribution in [0.4, 0.5) is 13.2 Å². The maximum Gasteiger partial charge on any atom is 0.401 e. The number of carbonyl (C=O) groups excluding carboxylic acids is 1. The molecule has 1 aromatic carbocycles. The van der Waals surface area contributed by atoms with E-state index in [1.54, 1.807) is 18.3 Å². The Bertz CT molecular complexity index is 1190. The molecule has 11 heteroatoms. The Morgan fingerprint density at radius 3 is 2.56 bits per heavy atom. The summed E-state index contributed by atoms with van der Waals surface area (Å²) in [6, 6.07) is 8.55. The van der Waals surface area contributed by atoms with Crippen molar-refractivity contribution in [1.29, 1.82) is 0 Å². The zero-order valence-corrected chi connectivity index (χ0v) is 21.1. The van der Waals surface area contributed by atoms with Crippen LogP contribution in [0.15, 0.2) is 36.5 Å². The average molecular weight is 520 g/mol. The third kappa shape index (κ3) is 7.01. The fourth-order valence-corrected chi connectivity index (χ4v) is 4.79. The number of rotatable bonds is 7. The molecule has 1 amide bonds. The summed E-state index contributed by atoms with van der Waals surface area (Å²) in [6.45, 7) is 5.32. The van der Waals surface area contributed by atoms with Gasteiger partial charge in [0.1, 0.15) is 16.9 Å². The number of halogens is 3. The van der Waals surface area contributed by atoms with Crippen molar-refractivity contribution in [2.75, 3.05) is 19.6 Å². The molecule has 4 rings (SSSR count). The molecule has 36 heavy (non-hydrogen) atoms. The minimum Gasteiger partial charge on any atom is -0.490 e. The first-order chi connectivity index (χ1) is 17.1. The lowest BCUT2D eigenvalue weighted by Crippen LogP contribution is -2.42. The molecular weight excluding hydrogens is 491 g/mol. The van der Waals surface area contributed by atoms with Crippen molar-refractivity contribution in [2.45, 2.75) is 51.9 Å². The van der Waals surface area contributed by atoms with Gasteiger partial charge in [0.05, 0.1) is 24.0 Å². The van der Waals surface area contributed by atoms with Crippen molar-refractivity contribution >= 4 is 17.2 Å². The zero-order valence-electron chi connectivity index (χ0n) is 20.3. The number of hydrogen-bond acceptors (Lipinski definition) is 7. The number of carbonyl (C=O) groups is 1. The average Bonchev–Trinajstić information content (AvgIpc) is 3.26. The lowest BCUT2D eigenvalue weighted by molar-refractivity contribution is -0.149. The van der Waals surface area contributed by atoms with Gasteiger partial charge < -0.3 is 10.1 Å². The van der Waals surface area contributed by atoms with Crippen LogP contribution in [0.1, 0.15) is 52.4 Å². The molecular formula is C25H28F3N5O2S. The van der Waals surface area contributed by atoms with Gasteiger partial charge in [-0.2, -0.15) is 23.4 Å². The van der Waals surface area contributed by atoms with E-state index in [1.807, 2.05) is 39.0 Å². The van der Waals surface area contributed by atoms with Crippen LogP contribution in [0.25, 0.3) is 10.6 Å². The van der Waals surface area contributed by atoms with Gasteiger partial charge in [-0.15, -0.1) is 11.3 Å². The number of nitrogens with zero attached hydrogens (tertiary/aromatic N) is 4. The summed E-state index contributed by atoms with van der Waals surface area (Å²) in [5.41, 5.74) is 2.57. The normalized spacial score (nSPS) is 16.1. The summed E-state index contributed by atoms with van der Waals surface area (Å²) >= 11 is 1.50. The Hall–Kier alpha value is -3.05. The molecule has 1 aliphatic heterocycles. The molecule has 1 N–H and O–H groups in total. The predicted octanol–water partition coefficient (Wildman–Crippen LogP) is 5.11. The van der Waals surface area contributed by atoms with Gasteiger partial charge in [0.15, 0.2) is 0 Å². The standard InChI is InChI=1S/C25H28F3N5O2S/c1-15-4-5-22(32-31-15)17(3)30-23(34)18-10-19(24-29-13-16(2)36-24)12-21(11-18)35-20-6-8-33(9-7-20)14-25(26,27)28/h4-5,10-13,17,20H,6-9,14H2,1-3H3,(H,30,34). The van der Waals surface area contributed by atoms with Gasteiger partial charge in [0.25, 0.3) is 5.91 Å². The Kier molecular flexibility index (Phi) is 7.89. The van der Waals surface area contributed by atoms with Crippen LogP contribution in [0.2, 0.25) is 0 Å². The second kappa shape index (κ2) is 10.9. The van der Waals surface area contributed by atoms with Crippen molar-refractivity contribution < 1.29 is 22.7 Å². The monoisotopic (exact) mass is 519 g/mol. The molecule has 3 heterocycles. The van der Waals surface area contributed by atoms with E-state index in [-0.39, 0.29) is 18.1 Å². The van der Waals surface area contributed by atoms with Gasteiger partial charge >= 0.3 is 6.18 Å². The van der Waals surface area contributed by atoms with E-state index in [1.165, 1.54) is 16.2 Å². The maximum atomic E-state index is 13.2. The number of nitrogens with one attached hydrogen (secondary N) is 1. The first kappa shape index (κ1) is 26.0. The molecule has 0 spiro atoms. The highest BCUT2D eigenvalue weighted by Gasteiger charge is 2.33. The number of amides is 1. The van der Waals surface area contributed by atoms with Crippen molar-refractivity contribution in [1.82, 2.24) is 25.4 Å². The Balaban J connectivity index is 1.51. The van der Waals surface area contributed by atoms with E-state index in [2.05, 4.69) is 20.5 Å². The number of thiazole rings is 1. The van der Waals surface area contributed by atoms with Crippen LogP contribution in [0.5, 0.6) is 5.75 Å². The third-order valence-electron chi connectivity index (χ3n) is 5.89. The molecule has 1 unspecified atom stereocenters. The SMILES string of the molecule is Cc1ccc(C(C)NC(=O)c2cc(OC3CCN(CC(F)(F)F)CC3)cc(-c3ncc(C)s3)c2)nn1. The summed E-state index contributed by atoms with van der Waals surface area (Å²) in [5, 5.41) is 11.9. The van der Waals surface area contributed by atoms with E-state index in [9.17, 15) is 18.0 Å². The molecule has 3 aromatic rings. The van der Waals surface area contributed by atoms with Gasteiger partial charge in [-0.05, 0) is 63.9 Å². The molecule has 0 radical (unpaired) electrons. The van der Waals surface area contributed by atoms with Crippen LogP contribution in [-0.2, 0) is 0 Å². The second-order valence-corrected chi connectivity index (χ2v) is 10.3. The lowest BCUT2D eigenvalue weighted by Gasteiger charge is -2.32. The number of hydrogen-bond donors (Lipinski definition) is 1. The summed E-state index contributed by atoms with van der Waals surface area (Å²) in [5.74, 6) is 0.187. The Morgan fingerprint density at radius 1 is 1.19 bits per heavy atom. The first-order valence-corrected chi connectivity index (χ1v) is 12.5. The molecule has 7 nitrogen and oxygen atoms in total. The van der Waals surface area contributed by atoms with Crippen molar-refractivity contribution in [3.63, 3.8) is 0 Å². The van der Waals surface area contributed by atoms with Crippen LogP contribution in [0, 0.1) is 13.8 Å². The van der Waals surface area contributed by atoms with Gasteiger partial charge in [-0.25, -0.2) is 4.98 Å². The number of likely N-dealkylation sites (tertiary alicyclic amines) is 1. The second-order valence-electron chi connectivity index (χ2n) is 9.03. The van der Waals surface area contributed by atoms with Gasteiger partial charge in [-0.1, -0.05) is 0 Å². The molecule has 1 atom stereocenters. The van der Waals surface area contributed by atoms with Crippen LogP contribution in [0.3, 0.4) is 0 Å². The number of ether oxygens (including phenoxy) is 1. The number of alkyl halides is 3. The van der Waals surface area contributed by atoms with Crippen LogP contribution in [-0.4, -0.2) is 57.9 Å². The molecule has 0 bridgehead atoms. The smallest absolute Gasteiger partial charge is 0.401 e. The molecule has 0 aliphatic carbocycles. The summed E-state index contributed by atoms with van der Waals surface area (Å²) in [6.07, 6.45) is -1.73. The van der Waals surface area contributed by atoms with Crippen molar-refractivity contribution in [2.24, 2.45) is 0 Å². The van der Waals surface area contributed by atoms with E-state index in [4.69, 9.17) is 4.74 Å². The fraction of sp³-hybridized carbons (Fsp3) is 0.440. The molecule has 0 saturated carbocycles. The number of piperidine rings is 1. The number of aromatic nitrogens is 3. The maximum absolute atomic E-state index is 13.2. The lowest BCUT2D eigenvalue weighted by atomic mass is 10.1. The van der Waals surface area contributed by atoms with Gasteiger partial charge in [0.2, 0.25) is 0 Å². The quantitative estimate of drug-likeness (QED) is 0.467. The summed E-state index contributed by atoms with van der Waals surface area (Å²) in [7, 11) is 0. The van der Waals surface area contributed by atoms with Crippen molar-refractivity contribution in [3.8, 4) is 16.3 Å². The van der Waals surface area contributed by atoms with Gasteiger partial charge in [0, 0.05) is 35.3 Å². The largest absolute Gasteiger partial charge is 0.490 e. The third-order valence-corrected chi connectivity index (χ3v) is 6.85. The minimum atomic E-state index is -4.21. The van der Waals surface area contributed by atoms with E-state index >= 15 is 0 Å². The molecule has 1 fully saturated rings. The van der Waals surface area contributed by atoms with Crippen LogP contribution < -0.4 is 10.1 Å². The Morgan fingerprint density at radius 2 is 1.94 bits per heavy atom. The first-order valence-electron chi connectivity index (χ1n) is 11.7. The van der Waals surface area contributed by atoms with Crippen molar-refractivity contribution in [3.05, 3.63) is 58.4 Å².